The van der Waals surface area contributed by atoms with E-state index in [1.54, 1.807) is 24.8 Å². The minimum atomic E-state index is -0.871. The van der Waals surface area contributed by atoms with E-state index in [0.29, 0.717) is 17.9 Å². The predicted octanol–water partition coefficient (Wildman–Crippen LogP) is 0.675. The van der Waals surface area contributed by atoms with Crippen molar-refractivity contribution in [1.82, 2.24) is 14.5 Å². The molecular formula is C16H23N3O4. The maximum Gasteiger partial charge on any atom is 0.348 e. The van der Waals surface area contributed by atoms with Gasteiger partial charge in [-0.15, -0.1) is 0 Å². The van der Waals surface area contributed by atoms with Crippen molar-refractivity contribution in [3.05, 3.63) is 27.9 Å². The Morgan fingerprint density at radius 3 is 2.48 bits per heavy atom. The van der Waals surface area contributed by atoms with Gasteiger partial charge in [0.25, 0.3) is 0 Å². The molecule has 0 spiro atoms. The average Bonchev–Trinajstić information content (AvgIpc) is 2.88. The van der Waals surface area contributed by atoms with E-state index in [-0.39, 0.29) is 30.8 Å². The summed E-state index contributed by atoms with van der Waals surface area (Å²) in [6.07, 6.45) is 0. The monoisotopic (exact) mass is 321 g/mol. The first-order valence-corrected chi connectivity index (χ1v) is 7.76. The highest BCUT2D eigenvalue weighted by molar-refractivity contribution is 5.79. The van der Waals surface area contributed by atoms with Gasteiger partial charge in [0.15, 0.2) is 0 Å². The van der Waals surface area contributed by atoms with Crippen LogP contribution in [0.15, 0.2) is 10.9 Å². The zero-order chi connectivity index (χ0) is 17.3. The molecule has 1 saturated heterocycles. The zero-order valence-electron chi connectivity index (χ0n) is 13.9. The first kappa shape index (κ1) is 17.2. The lowest BCUT2D eigenvalue weighted by Gasteiger charge is -2.19. The molecule has 1 N–H and O–H groups in total. The van der Waals surface area contributed by atoms with Crippen LogP contribution in [0.25, 0.3) is 0 Å². The number of aromatic nitrogens is 2. The number of nitrogens with zero attached hydrogens (tertiary/aromatic N) is 3. The number of aryl methyl sites for hydroxylation is 2. The Morgan fingerprint density at radius 2 is 2.00 bits per heavy atom. The quantitative estimate of drug-likeness (QED) is 0.880. The third-order valence-corrected chi connectivity index (χ3v) is 4.53. The van der Waals surface area contributed by atoms with Crippen molar-refractivity contribution in [3.8, 4) is 0 Å². The molecule has 0 radical (unpaired) electrons. The fraction of sp³-hybridized carbons (Fsp3) is 0.625. The fourth-order valence-corrected chi connectivity index (χ4v) is 3.17. The maximum atomic E-state index is 12.5. The van der Waals surface area contributed by atoms with E-state index in [4.69, 9.17) is 0 Å². The van der Waals surface area contributed by atoms with E-state index in [1.165, 1.54) is 4.57 Å². The lowest BCUT2D eigenvalue weighted by atomic mass is 9.86. The van der Waals surface area contributed by atoms with Crippen LogP contribution in [-0.4, -0.2) is 44.5 Å². The van der Waals surface area contributed by atoms with E-state index in [1.807, 2.05) is 13.8 Å². The number of likely N-dealkylation sites (tertiary alicyclic amines) is 1. The molecule has 7 heteroatoms. The molecule has 126 valence electrons. The second-order valence-electron chi connectivity index (χ2n) is 6.56. The second kappa shape index (κ2) is 6.52. The summed E-state index contributed by atoms with van der Waals surface area (Å²) in [4.78, 5) is 41.2. The first-order valence-electron chi connectivity index (χ1n) is 7.76. The largest absolute Gasteiger partial charge is 0.481 e. The van der Waals surface area contributed by atoms with Crippen LogP contribution >= 0.6 is 0 Å². The SMILES string of the molecule is Cc1cc(C)n(CC(=O)N2C[C@@H](C(=O)O)[C@H](C(C)C)C2)c(=O)n1. The lowest BCUT2D eigenvalue weighted by Crippen LogP contribution is -2.37. The molecule has 1 amide bonds. The highest BCUT2D eigenvalue weighted by Gasteiger charge is 2.40. The minimum absolute atomic E-state index is 0.0644. The smallest absolute Gasteiger partial charge is 0.348 e. The minimum Gasteiger partial charge on any atom is -0.481 e. The molecule has 0 aliphatic carbocycles. The number of carbonyl (C=O) groups is 2. The summed E-state index contributed by atoms with van der Waals surface area (Å²) in [5, 5.41) is 9.34. The van der Waals surface area contributed by atoms with Crippen LogP contribution in [0.3, 0.4) is 0 Å². The molecule has 2 atom stereocenters. The van der Waals surface area contributed by atoms with Gasteiger partial charge < -0.3 is 10.0 Å². The molecule has 0 aromatic carbocycles. The van der Waals surface area contributed by atoms with E-state index < -0.39 is 17.6 Å². The molecule has 1 aliphatic rings. The fourth-order valence-electron chi connectivity index (χ4n) is 3.17. The Hall–Kier alpha value is -2.18. The zero-order valence-corrected chi connectivity index (χ0v) is 13.9. The van der Waals surface area contributed by atoms with Crippen molar-refractivity contribution < 1.29 is 14.7 Å². The van der Waals surface area contributed by atoms with Gasteiger partial charge in [0.2, 0.25) is 5.91 Å². The van der Waals surface area contributed by atoms with Gasteiger partial charge in [-0.05, 0) is 31.7 Å². The van der Waals surface area contributed by atoms with Gasteiger partial charge in [-0.1, -0.05) is 13.8 Å². The normalized spacial score (nSPS) is 21.0. The summed E-state index contributed by atoms with van der Waals surface area (Å²) < 4.78 is 1.33. The number of amides is 1. The van der Waals surface area contributed by atoms with Crippen LogP contribution in [0.2, 0.25) is 0 Å². The Labute approximate surface area is 134 Å². The molecule has 1 aliphatic heterocycles. The number of hydrogen-bond donors (Lipinski definition) is 1. The van der Waals surface area contributed by atoms with Crippen molar-refractivity contribution in [1.29, 1.82) is 0 Å². The van der Waals surface area contributed by atoms with Crippen molar-refractivity contribution in [2.45, 2.75) is 34.2 Å². The number of carboxylic acid groups (broad SMARTS) is 1. The molecule has 2 rings (SSSR count). The summed E-state index contributed by atoms with van der Waals surface area (Å²) in [5.41, 5.74) is 0.832. The van der Waals surface area contributed by atoms with Crippen LogP contribution in [0.1, 0.15) is 25.2 Å². The molecule has 7 nitrogen and oxygen atoms in total. The van der Waals surface area contributed by atoms with Crippen LogP contribution in [0.4, 0.5) is 0 Å². The Balaban J connectivity index is 2.16. The summed E-state index contributed by atoms with van der Waals surface area (Å²) >= 11 is 0. The predicted molar refractivity (Wildman–Crippen MR) is 84.0 cm³/mol. The summed E-state index contributed by atoms with van der Waals surface area (Å²) in [5.74, 6) is -1.54. The van der Waals surface area contributed by atoms with E-state index in [9.17, 15) is 19.5 Å². The average molecular weight is 321 g/mol. The Morgan fingerprint density at radius 1 is 1.35 bits per heavy atom. The van der Waals surface area contributed by atoms with Crippen molar-refractivity contribution in [2.24, 2.45) is 17.8 Å². The molecule has 0 saturated carbocycles. The highest BCUT2D eigenvalue weighted by atomic mass is 16.4. The number of hydrogen-bond acceptors (Lipinski definition) is 4. The summed E-state index contributed by atoms with van der Waals surface area (Å²) in [7, 11) is 0. The van der Waals surface area contributed by atoms with Gasteiger partial charge in [0.05, 0.1) is 5.92 Å². The van der Waals surface area contributed by atoms with E-state index >= 15 is 0 Å². The molecule has 0 bridgehead atoms. The first-order chi connectivity index (χ1) is 10.7. The summed E-state index contributed by atoms with van der Waals surface area (Å²) in [6.45, 7) is 7.93. The molecular weight excluding hydrogens is 298 g/mol. The van der Waals surface area contributed by atoms with Gasteiger partial charge in [-0.2, -0.15) is 4.98 Å². The number of aliphatic carboxylic acids is 1. The third kappa shape index (κ3) is 3.60. The third-order valence-electron chi connectivity index (χ3n) is 4.53. The Bertz CT molecular complexity index is 680. The van der Waals surface area contributed by atoms with Gasteiger partial charge >= 0.3 is 11.7 Å². The maximum absolute atomic E-state index is 12.5. The molecule has 1 aromatic rings. The van der Waals surface area contributed by atoms with Gasteiger partial charge in [0, 0.05) is 24.5 Å². The van der Waals surface area contributed by atoms with E-state index in [0.717, 1.165) is 0 Å². The van der Waals surface area contributed by atoms with Crippen LogP contribution in [-0.2, 0) is 16.1 Å². The lowest BCUT2D eigenvalue weighted by molar-refractivity contribution is -0.143. The van der Waals surface area contributed by atoms with Gasteiger partial charge in [0.1, 0.15) is 6.54 Å². The van der Waals surface area contributed by atoms with Crippen molar-refractivity contribution in [2.75, 3.05) is 13.1 Å². The number of carbonyl (C=O) groups excluding carboxylic acids is 1. The summed E-state index contributed by atoms with van der Waals surface area (Å²) in [6, 6.07) is 1.75. The molecule has 23 heavy (non-hydrogen) atoms. The molecule has 2 heterocycles. The van der Waals surface area contributed by atoms with E-state index in [2.05, 4.69) is 4.98 Å². The molecule has 0 unspecified atom stereocenters. The second-order valence-corrected chi connectivity index (χ2v) is 6.56. The highest BCUT2D eigenvalue weighted by Crippen LogP contribution is 2.30. The topological polar surface area (TPSA) is 92.5 Å². The van der Waals surface area contributed by atoms with Crippen molar-refractivity contribution in [3.63, 3.8) is 0 Å². The van der Waals surface area contributed by atoms with Crippen LogP contribution in [0, 0.1) is 31.6 Å². The molecule has 1 fully saturated rings. The van der Waals surface area contributed by atoms with Gasteiger partial charge in [-0.25, -0.2) is 4.79 Å². The van der Waals surface area contributed by atoms with Gasteiger partial charge in [-0.3, -0.25) is 14.2 Å². The van der Waals surface area contributed by atoms with Crippen molar-refractivity contribution >= 4 is 11.9 Å². The molecule has 1 aromatic heterocycles. The van der Waals surface area contributed by atoms with Crippen LogP contribution < -0.4 is 5.69 Å². The van der Waals surface area contributed by atoms with Crippen LogP contribution in [0.5, 0.6) is 0 Å². The number of carboxylic acids is 1. The standard InChI is InChI=1S/C16H23N3O4/c1-9(2)12-6-18(7-13(12)15(21)22)14(20)8-19-11(4)5-10(3)17-16(19)23/h5,9,12-13H,6-8H2,1-4H3,(H,21,22)/t12-,13+/m0/s1. The number of rotatable bonds is 4. The Kier molecular flexibility index (Phi) is 4.87.